The standard InChI is InChI=1S/C17H25N5O2/c1-10(15-11(2)19-21(5)12(15)3)17(23)22-8-6-7-14(9-22)16-18-13(4)24-20-16/h10,14H,6-9H2,1-5H3. The zero-order valence-electron chi connectivity index (χ0n) is 15.0. The van der Waals surface area contributed by atoms with Gasteiger partial charge < -0.3 is 9.42 Å². The van der Waals surface area contributed by atoms with Gasteiger partial charge in [-0.25, -0.2) is 0 Å². The predicted octanol–water partition coefficient (Wildman–Crippen LogP) is 2.24. The molecule has 3 rings (SSSR count). The lowest BCUT2D eigenvalue weighted by Crippen LogP contribution is -2.41. The Morgan fingerprint density at radius 1 is 1.33 bits per heavy atom. The fourth-order valence-electron chi connectivity index (χ4n) is 3.68. The summed E-state index contributed by atoms with van der Waals surface area (Å²) in [5.41, 5.74) is 3.02. The van der Waals surface area contributed by atoms with Crippen molar-refractivity contribution in [3.8, 4) is 0 Å². The average Bonchev–Trinajstić information content (AvgIpc) is 3.10. The molecule has 0 bridgehead atoms. The quantitative estimate of drug-likeness (QED) is 0.862. The van der Waals surface area contributed by atoms with Crippen molar-refractivity contribution in [1.82, 2.24) is 24.8 Å². The van der Waals surface area contributed by atoms with Crippen molar-refractivity contribution in [3.05, 3.63) is 28.7 Å². The van der Waals surface area contributed by atoms with Crippen molar-refractivity contribution >= 4 is 5.91 Å². The molecule has 7 heteroatoms. The molecule has 130 valence electrons. The van der Waals surface area contributed by atoms with Crippen molar-refractivity contribution in [3.63, 3.8) is 0 Å². The van der Waals surface area contributed by atoms with Gasteiger partial charge in [-0.15, -0.1) is 0 Å². The van der Waals surface area contributed by atoms with Crippen LogP contribution in [0.2, 0.25) is 0 Å². The van der Waals surface area contributed by atoms with E-state index in [1.54, 1.807) is 6.92 Å². The molecule has 2 atom stereocenters. The largest absolute Gasteiger partial charge is 0.341 e. The van der Waals surface area contributed by atoms with Gasteiger partial charge in [-0.2, -0.15) is 10.1 Å². The maximum absolute atomic E-state index is 13.0. The van der Waals surface area contributed by atoms with Crippen LogP contribution in [0.4, 0.5) is 0 Å². The van der Waals surface area contributed by atoms with Gasteiger partial charge in [0.1, 0.15) is 0 Å². The highest BCUT2D eigenvalue weighted by Gasteiger charge is 2.32. The van der Waals surface area contributed by atoms with Gasteiger partial charge >= 0.3 is 0 Å². The number of likely N-dealkylation sites (tertiary alicyclic amines) is 1. The third-order valence-electron chi connectivity index (χ3n) is 5.01. The minimum atomic E-state index is -0.190. The van der Waals surface area contributed by atoms with Crippen LogP contribution >= 0.6 is 0 Å². The number of aromatic nitrogens is 4. The average molecular weight is 331 g/mol. The molecule has 0 aromatic carbocycles. The smallest absolute Gasteiger partial charge is 0.229 e. The second kappa shape index (κ2) is 6.37. The van der Waals surface area contributed by atoms with Crippen molar-refractivity contribution in [2.24, 2.45) is 7.05 Å². The molecule has 1 fully saturated rings. The molecular weight excluding hydrogens is 306 g/mol. The van der Waals surface area contributed by atoms with Gasteiger partial charge in [0, 0.05) is 44.2 Å². The van der Waals surface area contributed by atoms with Crippen LogP contribution in [0.1, 0.15) is 60.3 Å². The van der Waals surface area contributed by atoms with Crippen LogP contribution in [0.25, 0.3) is 0 Å². The molecule has 1 amide bonds. The van der Waals surface area contributed by atoms with E-state index in [0.29, 0.717) is 18.3 Å². The minimum absolute atomic E-state index is 0.152. The summed E-state index contributed by atoms with van der Waals surface area (Å²) in [7, 11) is 1.92. The number of aryl methyl sites for hydroxylation is 3. The highest BCUT2D eigenvalue weighted by molar-refractivity contribution is 5.84. The number of hydrogen-bond acceptors (Lipinski definition) is 5. The Morgan fingerprint density at radius 2 is 2.08 bits per heavy atom. The minimum Gasteiger partial charge on any atom is -0.341 e. The van der Waals surface area contributed by atoms with Crippen LogP contribution in [0.3, 0.4) is 0 Å². The van der Waals surface area contributed by atoms with E-state index in [2.05, 4.69) is 15.2 Å². The van der Waals surface area contributed by atoms with E-state index in [0.717, 1.165) is 36.3 Å². The summed E-state index contributed by atoms with van der Waals surface area (Å²) >= 11 is 0. The SMILES string of the molecule is Cc1nc(C2CCCN(C(=O)C(C)c3c(C)nn(C)c3C)C2)no1. The molecular formula is C17H25N5O2. The van der Waals surface area contributed by atoms with E-state index in [4.69, 9.17) is 4.52 Å². The predicted molar refractivity (Wildman–Crippen MR) is 88.7 cm³/mol. The van der Waals surface area contributed by atoms with Crippen LogP contribution < -0.4 is 0 Å². The van der Waals surface area contributed by atoms with Crippen LogP contribution in [-0.4, -0.2) is 43.8 Å². The molecule has 2 aromatic rings. The Bertz CT molecular complexity index is 748. The molecule has 24 heavy (non-hydrogen) atoms. The van der Waals surface area contributed by atoms with E-state index in [9.17, 15) is 4.79 Å². The third-order valence-corrected chi connectivity index (χ3v) is 5.01. The first-order valence-electron chi connectivity index (χ1n) is 8.47. The third kappa shape index (κ3) is 2.95. The lowest BCUT2D eigenvalue weighted by molar-refractivity contribution is -0.133. The highest BCUT2D eigenvalue weighted by Crippen LogP contribution is 2.29. The van der Waals surface area contributed by atoms with Crippen LogP contribution in [0.5, 0.6) is 0 Å². The fourth-order valence-corrected chi connectivity index (χ4v) is 3.68. The first-order chi connectivity index (χ1) is 11.4. The fraction of sp³-hybridized carbons (Fsp3) is 0.647. The van der Waals surface area contributed by atoms with Gasteiger partial charge in [0.25, 0.3) is 0 Å². The van der Waals surface area contributed by atoms with E-state index in [-0.39, 0.29) is 17.7 Å². The maximum Gasteiger partial charge on any atom is 0.229 e. The molecule has 0 radical (unpaired) electrons. The highest BCUT2D eigenvalue weighted by atomic mass is 16.5. The molecule has 3 heterocycles. The van der Waals surface area contributed by atoms with E-state index in [1.165, 1.54) is 0 Å². The summed E-state index contributed by atoms with van der Waals surface area (Å²) in [6.45, 7) is 9.18. The Balaban J connectivity index is 1.76. The molecule has 2 unspecified atom stereocenters. The van der Waals surface area contributed by atoms with Crippen molar-refractivity contribution in [2.75, 3.05) is 13.1 Å². The Hall–Kier alpha value is -2.18. The Kier molecular flexibility index (Phi) is 4.43. The molecule has 1 saturated heterocycles. The van der Waals surface area contributed by atoms with E-state index in [1.807, 2.05) is 37.4 Å². The molecule has 2 aromatic heterocycles. The summed E-state index contributed by atoms with van der Waals surface area (Å²) in [5.74, 6) is 1.40. The maximum atomic E-state index is 13.0. The van der Waals surface area contributed by atoms with Gasteiger partial charge in [-0.1, -0.05) is 5.16 Å². The van der Waals surface area contributed by atoms with Gasteiger partial charge in [-0.05, 0) is 33.6 Å². The van der Waals surface area contributed by atoms with Crippen molar-refractivity contribution < 1.29 is 9.32 Å². The molecule has 0 N–H and O–H groups in total. The van der Waals surface area contributed by atoms with Crippen LogP contribution in [-0.2, 0) is 11.8 Å². The molecule has 0 saturated carbocycles. The van der Waals surface area contributed by atoms with E-state index >= 15 is 0 Å². The monoisotopic (exact) mass is 331 g/mol. The Morgan fingerprint density at radius 3 is 2.67 bits per heavy atom. The number of piperidine rings is 1. The van der Waals surface area contributed by atoms with Crippen LogP contribution in [0.15, 0.2) is 4.52 Å². The number of rotatable bonds is 3. The van der Waals surface area contributed by atoms with Crippen LogP contribution in [0, 0.1) is 20.8 Å². The van der Waals surface area contributed by atoms with Gasteiger partial charge in [0.2, 0.25) is 11.8 Å². The molecule has 1 aliphatic heterocycles. The summed E-state index contributed by atoms with van der Waals surface area (Å²) < 4.78 is 6.93. The Labute approximate surface area is 142 Å². The lowest BCUT2D eigenvalue weighted by Gasteiger charge is -2.33. The molecule has 1 aliphatic rings. The summed E-state index contributed by atoms with van der Waals surface area (Å²) in [6.07, 6.45) is 1.95. The number of carbonyl (C=O) groups excluding carboxylic acids is 1. The first-order valence-corrected chi connectivity index (χ1v) is 8.47. The molecule has 7 nitrogen and oxygen atoms in total. The van der Waals surface area contributed by atoms with Gasteiger partial charge in [0.05, 0.1) is 11.6 Å². The van der Waals surface area contributed by atoms with Crippen molar-refractivity contribution in [1.29, 1.82) is 0 Å². The molecule has 0 spiro atoms. The second-order valence-corrected chi connectivity index (χ2v) is 6.72. The zero-order chi connectivity index (χ0) is 17.4. The summed E-state index contributed by atoms with van der Waals surface area (Å²) in [5, 5.41) is 8.47. The molecule has 0 aliphatic carbocycles. The lowest BCUT2D eigenvalue weighted by atomic mass is 9.93. The number of carbonyl (C=O) groups is 1. The summed E-state index contributed by atoms with van der Waals surface area (Å²) in [6, 6.07) is 0. The normalized spacial score (nSPS) is 19.5. The van der Waals surface area contributed by atoms with Crippen molar-refractivity contribution in [2.45, 2.75) is 52.4 Å². The zero-order valence-corrected chi connectivity index (χ0v) is 15.0. The second-order valence-electron chi connectivity index (χ2n) is 6.72. The topological polar surface area (TPSA) is 77.1 Å². The van der Waals surface area contributed by atoms with E-state index < -0.39 is 0 Å². The number of amides is 1. The number of hydrogen-bond donors (Lipinski definition) is 0. The number of nitrogens with zero attached hydrogens (tertiary/aromatic N) is 5. The van der Waals surface area contributed by atoms with Gasteiger partial charge in [0.15, 0.2) is 5.82 Å². The summed E-state index contributed by atoms with van der Waals surface area (Å²) in [4.78, 5) is 19.3. The first kappa shape index (κ1) is 16.7. The van der Waals surface area contributed by atoms with Gasteiger partial charge in [-0.3, -0.25) is 9.48 Å².